The van der Waals surface area contributed by atoms with Gasteiger partial charge in [0.2, 0.25) is 0 Å². The quantitative estimate of drug-likeness (QED) is 0.756. The molecule has 0 saturated carbocycles. The Bertz CT molecular complexity index is 677. The first-order valence-corrected chi connectivity index (χ1v) is 7.22. The smallest absolute Gasteiger partial charge is 0.183 e. The average Bonchev–Trinajstić information content (AvgIpc) is 2.96. The van der Waals surface area contributed by atoms with E-state index in [0.717, 1.165) is 22.9 Å². The second-order valence-corrected chi connectivity index (χ2v) is 5.28. The van der Waals surface area contributed by atoms with Crippen molar-refractivity contribution >= 4 is 16.5 Å². The van der Waals surface area contributed by atoms with Gasteiger partial charge in [-0.3, -0.25) is 0 Å². The maximum absolute atomic E-state index is 9.29. The van der Waals surface area contributed by atoms with Gasteiger partial charge in [0.25, 0.3) is 0 Å². The minimum atomic E-state index is 0.270. The molecule has 0 spiro atoms. The summed E-state index contributed by atoms with van der Waals surface area (Å²) in [6, 6.07) is 17.3. The SMILES string of the molecule is Oc1ccc(-c2csc(NCc3ccccc3)n2)cc1. The van der Waals surface area contributed by atoms with Crippen molar-refractivity contribution in [3.05, 3.63) is 65.5 Å². The molecule has 100 valence electrons. The molecule has 0 unspecified atom stereocenters. The van der Waals surface area contributed by atoms with E-state index in [4.69, 9.17) is 0 Å². The lowest BCUT2D eigenvalue weighted by Gasteiger charge is -2.02. The van der Waals surface area contributed by atoms with Gasteiger partial charge in [-0.25, -0.2) is 4.98 Å². The summed E-state index contributed by atoms with van der Waals surface area (Å²) in [5, 5.41) is 15.5. The molecule has 3 aromatic rings. The van der Waals surface area contributed by atoms with Gasteiger partial charge in [0.15, 0.2) is 5.13 Å². The molecule has 0 aliphatic carbocycles. The number of aromatic nitrogens is 1. The van der Waals surface area contributed by atoms with Gasteiger partial charge in [0, 0.05) is 17.5 Å². The molecule has 0 radical (unpaired) electrons. The molecule has 2 N–H and O–H groups in total. The number of anilines is 1. The normalized spacial score (nSPS) is 10.4. The van der Waals surface area contributed by atoms with Crippen LogP contribution in [0.25, 0.3) is 11.3 Å². The zero-order chi connectivity index (χ0) is 13.8. The summed E-state index contributed by atoms with van der Waals surface area (Å²) in [5.74, 6) is 0.270. The number of phenolic OH excluding ortho intramolecular Hbond substituents is 1. The fourth-order valence-electron chi connectivity index (χ4n) is 1.89. The lowest BCUT2D eigenvalue weighted by molar-refractivity contribution is 0.475. The number of benzene rings is 2. The molecular weight excluding hydrogens is 268 g/mol. The van der Waals surface area contributed by atoms with Crippen LogP contribution in [0, 0.1) is 0 Å². The summed E-state index contributed by atoms with van der Waals surface area (Å²) in [5.41, 5.74) is 3.16. The van der Waals surface area contributed by atoms with Gasteiger partial charge in [-0.15, -0.1) is 11.3 Å². The molecule has 4 heteroatoms. The van der Waals surface area contributed by atoms with Gasteiger partial charge in [-0.05, 0) is 29.8 Å². The molecule has 0 aliphatic heterocycles. The van der Waals surface area contributed by atoms with E-state index in [2.05, 4.69) is 22.4 Å². The Hall–Kier alpha value is -2.33. The van der Waals surface area contributed by atoms with Crippen LogP contribution < -0.4 is 5.32 Å². The first-order valence-electron chi connectivity index (χ1n) is 6.34. The predicted molar refractivity (Wildman–Crippen MR) is 83.0 cm³/mol. The van der Waals surface area contributed by atoms with Crippen molar-refractivity contribution in [2.45, 2.75) is 6.54 Å². The van der Waals surface area contributed by atoms with E-state index in [9.17, 15) is 5.11 Å². The largest absolute Gasteiger partial charge is 0.508 e. The standard InChI is InChI=1S/C16H14N2OS/c19-14-8-6-13(7-9-14)15-11-20-16(18-15)17-10-12-4-2-1-3-5-12/h1-9,11,19H,10H2,(H,17,18). The summed E-state index contributed by atoms with van der Waals surface area (Å²) < 4.78 is 0. The van der Waals surface area contributed by atoms with Crippen molar-refractivity contribution in [3.8, 4) is 17.0 Å². The molecule has 0 fully saturated rings. The zero-order valence-electron chi connectivity index (χ0n) is 10.8. The molecule has 3 rings (SSSR count). The molecule has 1 heterocycles. The molecule has 0 saturated heterocycles. The Labute approximate surface area is 121 Å². The Morgan fingerprint density at radius 1 is 1.00 bits per heavy atom. The third kappa shape index (κ3) is 2.97. The number of phenols is 1. The van der Waals surface area contributed by atoms with E-state index in [1.54, 1.807) is 23.5 Å². The first kappa shape index (κ1) is 12.7. The van der Waals surface area contributed by atoms with Gasteiger partial charge in [0.05, 0.1) is 5.69 Å². The third-order valence-corrected chi connectivity index (χ3v) is 3.75. The molecule has 20 heavy (non-hydrogen) atoms. The summed E-state index contributed by atoms with van der Waals surface area (Å²) in [6.07, 6.45) is 0. The van der Waals surface area contributed by atoms with E-state index >= 15 is 0 Å². The Morgan fingerprint density at radius 3 is 2.50 bits per heavy atom. The van der Waals surface area contributed by atoms with Gasteiger partial charge in [0.1, 0.15) is 5.75 Å². The molecule has 0 amide bonds. The summed E-state index contributed by atoms with van der Waals surface area (Å²) >= 11 is 1.58. The van der Waals surface area contributed by atoms with E-state index in [0.29, 0.717) is 0 Å². The zero-order valence-corrected chi connectivity index (χ0v) is 11.6. The van der Waals surface area contributed by atoms with Crippen LogP contribution in [-0.4, -0.2) is 10.1 Å². The highest BCUT2D eigenvalue weighted by atomic mass is 32.1. The van der Waals surface area contributed by atoms with E-state index < -0.39 is 0 Å². The van der Waals surface area contributed by atoms with Gasteiger partial charge >= 0.3 is 0 Å². The van der Waals surface area contributed by atoms with Gasteiger partial charge in [-0.1, -0.05) is 30.3 Å². The monoisotopic (exact) mass is 282 g/mol. The van der Waals surface area contributed by atoms with Crippen molar-refractivity contribution in [1.29, 1.82) is 0 Å². The van der Waals surface area contributed by atoms with Crippen LogP contribution in [0.3, 0.4) is 0 Å². The van der Waals surface area contributed by atoms with Crippen LogP contribution in [0.5, 0.6) is 5.75 Å². The number of rotatable bonds is 4. The molecule has 2 aromatic carbocycles. The van der Waals surface area contributed by atoms with Gasteiger partial charge < -0.3 is 10.4 Å². The van der Waals surface area contributed by atoms with Crippen LogP contribution in [0.1, 0.15) is 5.56 Å². The van der Waals surface area contributed by atoms with E-state index in [-0.39, 0.29) is 5.75 Å². The van der Waals surface area contributed by atoms with Crippen LogP contribution in [0.15, 0.2) is 60.0 Å². The highest BCUT2D eigenvalue weighted by molar-refractivity contribution is 7.14. The van der Waals surface area contributed by atoms with Crippen molar-refractivity contribution in [3.63, 3.8) is 0 Å². The van der Waals surface area contributed by atoms with Crippen LogP contribution in [0.4, 0.5) is 5.13 Å². The van der Waals surface area contributed by atoms with E-state index in [1.807, 2.05) is 35.7 Å². The van der Waals surface area contributed by atoms with Crippen LogP contribution >= 0.6 is 11.3 Å². The van der Waals surface area contributed by atoms with Crippen LogP contribution in [0.2, 0.25) is 0 Å². The predicted octanol–water partition coefficient (Wildman–Crippen LogP) is 4.13. The number of thiazole rings is 1. The number of hydrogen-bond acceptors (Lipinski definition) is 4. The molecule has 1 aromatic heterocycles. The highest BCUT2D eigenvalue weighted by Crippen LogP contribution is 2.26. The maximum atomic E-state index is 9.29. The number of nitrogens with one attached hydrogen (secondary N) is 1. The number of nitrogens with zero attached hydrogens (tertiary/aromatic N) is 1. The molecule has 0 bridgehead atoms. The molecule has 0 atom stereocenters. The topological polar surface area (TPSA) is 45.1 Å². The van der Waals surface area contributed by atoms with E-state index in [1.165, 1.54) is 5.56 Å². The van der Waals surface area contributed by atoms with Crippen LogP contribution in [-0.2, 0) is 6.54 Å². The molecule has 0 aliphatic rings. The second kappa shape index (κ2) is 5.75. The number of aromatic hydroxyl groups is 1. The molecule has 3 nitrogen and oxygen atoms in total. The van der Waals surface area contributed by atoms with Crippen molar-refractivity contribution in [2.75, 3.05) is 5.32 Å². The second-order valence-electron chi connectivity index (χ2n) is 4.42. The Kier molecular flexibility index (Phi) is 3.65. The molecular formula is C16H14N2OS. The summed E-state index contributed by atoms with van der Waals surface area (Å²) in [6.45, 7) is 0.767. The lowest BCUT2D eigenvalue weighted by atomic mass is 10.2. The maximum Gasteiger partial charge on any atom is 0.183 e. The minimum absolute atomic E-state index is 0.270. The number of hydrogen-bond donors (Lipinski definition) is 2. The summed E-state index contributed by atoms with van der Waals surface area (Å²) in [4.78, 5) is 4.55. The first-order chi connectivity index (χ1) is 9.81. The fraction of sp³-hybridized carbons (Fsp3) is 0.0625. The van der Waals surface area contributed by atoms with Crippen molar-refractivity contribution in [2.24, 2.45) is 0 Å². The van der Waals surface area contributed by atoms with Crippen molar-refractivity contribution in [1.82, 2.24) is 4.98 Å². The summed E-state index contributed by atoms with van der Waals surface area (Å²) in [7, 11) is 0. The third-order valence-electron chi connectivity index (χ3n) is 2.95. The van der Waals surface area contributed by atoms with Crippen molar-refractivity contribution < 1.29 is 5.11 Å². The highest BCUT2D eigenvalue weighted by Gasteiger charge is 2.04. The average molecular weight is 282 g/mol. The lowest BCUT2D eigenvalue weighted by Crippen LogP contribution is -1.98. The Balaban J connectivity index is 1.69. The fourth-order valence-corrected chi connectivity index (χ4v) is 2.61. The Morgan fingerprint density at radius 2 is 1.75 bits per heavy atom. The van der Waals surface area contributed by atoms with Gasteiger partial charge in [-0.2, -0.15) is 0 Å². The minimum Gasteiger partial charge on any atom is -0.508 e.